The Labute approximate surface area is 200 Å². The number of benzene rings is 2. The van der Waals surface area contributed by atoms with Gasteiger partial charge in [0.05, 0.1) is 14.5 Å². The number of esters is 1. The molecule has 1 aliphatic carbocycles. The summed E-state index contributed by atoms with van der Waals surface area (Å²) in [5, 5.41) is 0. The second kappa shape index (κ2) is 11.1. The Bertz CT molecular complexity index is 901. The number of nitrogens with zero attached hydrogens (tertiary/aromatic N) is 1. The van der Waals surface area contributed by atoms with Crippen molar-refractivity contribution in [2.45, 2.75) is 51.7 Å². The van der Waals surface area contributed by atoms with Crippen molar-refractivity contribution in [3.63, 3.8) is 0 Å². The fraction of sp³-hybridized carbons (Fsp3) is 0.417. The van der Waals surface area contributed by atoms with Gasteiger partial charge in [0.1, 0.15) is 12.4 Å². The Morgan fingerprint density at radius 2 is 1.65 bits per heavy atom. The number of amides is 1. The molecule has 0 aromatic heterocycles. The SMILES string of the molecule is Cc1cc(Br)c(OCc2ccc(C(=O)OCC(=O)N(C)C3CCCCC3)cc2)c(Br)c1. The van der Waals surface area contributed by atoms with Crippen molar-refractivity contribution >= 4 is 43.7 Å². The number of carbonyl (C=O) groups excluding carboxylic acids is 2. The van der Waals surface area contributed by atoms with Gasteiger partial charge in [-0.05, 0) is 87.0 Å². The van der Waals surface area contributed by atoms with E-state index in [-0.39, 0.29) is 18.6 Å². The zero-order valence-corrected chi connectivity index (χ0v) is 21.0. The number of aryl methyl sites for hydroxylation is 1. The van der Waals surface area contributed by atoms with Gasteiger partial charge in [-0.15, -0.1) is 0 Å². The van der Waals surface area contributed by atoms with E-state index in [1.807, 2.05) is 31.2 Å². The number of halogens is 2. The minimum Gasteiger partial charge on any atom is -0.487 e. The summed E-state index contributed by atoms with van der Waals surface area (Å²) >= 11 is 7.04. The van der Waals surface area contributed by atoms with Crippen molar-refractivity contribution in [1.82, 2.24) is 4.90 Å². The number of hydrogen-bond acceptors (Lipinski definition) is 4. The quantitative estimate of drug-likeness (QED) is 0.392. The molecular weight excluding hydrogens is 526 g/mol. The lowest BCUT2D eigenvalue weighted by molar-refractivity contribution is -0.135. The predicted molar refractivity (Wildman–Crippen MR) is 127 cm³/mol. The molecule has 7 heteroatoms. The maximum atomic E-state index is 12.4. The highest BCUT2D eigenvalue weighted by molar-refractivity contribution is 9.11. The van der Waals surface area contributed by atoms with E-state index >= 15 is 0 Å². The van der Waals surface area contributed by atoms with Crippen molar-refractivity contribution < 1.29 is 19.1 Å². The van der Waals surface area contributed by atoms with E-state index in [9.17, 15) is 9.59 Å². The van der Waals surface area contributed by atoms with Crippen LogP contribution in [-0.2, 0) is 16.1 Å². The van der Waals surface area contributed by atoms with Crippen LogP contribution in [0.2, 0.25) is 0 Å². The van der Waals surface area contributed by atoms with Crippen molar-refractivity contribution in [2.75, 3.05) is 13.7 Å². The van der Waals surface area contributed by atoms with Crippen LogP contribution in [0.15, 0.2) is 45.3 Å². The molecule has 0 unspecified atom stereocenters. The molecule has 0 spiro atoms. The molecule has 0 radical (unpaired) electrons. The number of ether oxygens (including phenoxy) is 2. The highest BCUT2D eigenvalue weighted by Crippen LogP contribution is 2.35. The number of hydrogen-bond donors (Lipinski definition) is 0. The summed E-state index contributed by atoms with van der Waals surface area (Å²) in [6, 6.07) is 11.3. The lowest BCUT2D eigenvalue weighted by Crippen LogP contribution is -2.40. The second-order valence-corrected chi connectivity index (χ2v) is 9.62. The first-order valence-electron chi connectivity index (χ1n) is 10.5. The lowest BCUT2D eigenvalue weighted by Gasteiger charge is -2.31. The Kier molecular flexibility index (Phi) is 8.55. The van der Waals surface area contributed by atoms with E-state index in [4.69, 9.17) is 9.47 Å². The predicted octanol–water partition coefficient (Wildman–Crippen LogP) is 6.05. The molecule has 0 bridgehead atoms. The molecule has 0 saturated heterocycles. The van der Waals surface area contributed by atoms with Gasteiger partial charge < -0.3 is 14.4 Å². The topological polar surface area (TPSA) is 55.8 Å². The molecule has 0 aliphatic heterocycles. The summed E-state index contributed by atoms with van der Waals surface area (Å²) in [4.78, 5) is 26.4. The normalized spacial score (nSPS) is 14.2. The zero-order valence-electron chi connectivity index (χ0n) is 17.8. The first kappa shape index (κ1) is 23.8. The molecule has 3 rings (SSSR count). The van der Waals surface area contributed by atoms with E-state index in [1.165, 1.54) is 6.42 Å². The van der Waals surface area contributed by atoms with Crippen LogP contribution in [0.3, 0.4) is 0 Å². The molecule has 0 N–H and O–H groups in total. The average molecular weight is 553 g/mol. The summed E-state index contributed by atoms with van der Waals surface area (Å²) in [5.74, 6) is 0.0797. The number of carbonyl (C=O) groups is 2. The van der Waals surface area contributed by atoms with Gasteiger partial charge in [0.2, 0.25) is 0 Å². The molecule has 1 fully saturated rings. The van der Waals surface area contributed by atoms with Gasteiger partial charge in [-0.1, -0.05) is 31.4 Å². The van der Waals surface area contributed by atoms with E-state index in [2.05, 4.69) is 31.9 Å². The van der Waals surface area contributed by atoms with Crippen LogP contribution >= 0.6 is 31.9 Å². The van der Waals surface area contributed by atoms with Gasteiger partial charge in [0, 0.05) is 13.1 Å². The molecule has 1 aliphatic rings. The van der Waals surface area contributed by atoms with Crippen LogP contribution in [0.4, 0.5) is 0 Å². The smallest absolute Gasteiger partial charge is 0.338 e. The van der Waals surface area contributed by atoms with Crippen LogP contribution in [0.1, 0.15) is 53.6 Å². The standard InChI is InChI=1S/C24H27Br2NO4/c1-16-12-20(25)23(21(26)13-16)30-14-17-8-10-18(11-9-17)24(29)31-15-22(28)27(2)19-6-4-3-5-7-19/h8-13,19H,3-7,14-15H2,1-2H3. The average Bonchev–Trinajstić information content (AvgIpc) is 2.77. The Morgan fingerprint density at radius 1 is 1.03 bits per heavy atom. The minimum absolute atomic E-state index is 0.153. The van der Waals surface area contributed by atoms with Crippen molar-refractivity contribution in [2.24, 2.45) is 0 Å². The summed E-state index contributed by atoms with van der Waals surface area (Å²) in [5.41, 5.74) is 2.45. The maximum Gasteiger partial charge on any atom is 0.338 e. The zero-order chi connectivity index (χ0) is 22.4. The van der Waals surface area contributed by atoms with Gasteiger partial charge in [-0.3, -0.25) is 4.79 Å². The molecule has 166 valence electrons. The Hall–Kier alpha value is -1.86. The van der Waals surface area contributed by atoms with Crippen LogP contribution < -0.4 is 4.74 Å². The van der Waals surface area contributed by atoms with Crippen molar-refractivity contribution in [1.29, 1.82) is 0 Å². The van der Waals surface area contributed by atoms with Crippen LogP contribution in [0.5, 0.6) is 5.75 Å². The summed E-state index contributed by atoms with van der Waals surface area (Å²) in [6.07, 6.45) is 5.57. The number of rotatable bonds is 7. The monoisotopic (exact) mass is 551 g/mol. The molecule has 0 atom stereocenters. The van der Waals surface area contributed by atoms with Crippen LogP contribution in [0, 0.1) is 6.92 Å². The first-order valence-corrected chi connectivity index (χ1v) is 12.0. The Morgan fingerprint density at radius 3 is 2.26 bits per heavy atom. The third-order valence-electron chi connectivity index (χ3n) is 5.56. The van der Waals surface area contributed by atoms with Gasteiger partial charge in [-0.25, -0.2) is 4.79 Å². The molecular formula is C24H27Br2NO4. The lowest BCUT2D eigenvalue weighted by atomic mass is 9.94. The highest BCUT2D eigenvalue weighted by atomic mass is 79.9. The van der Waals surface area contributed by atoms with Gasteiger partial charge >= 0.3 is 5.97 Å². The fourth-order valence-corrected chi connectivity index (χ4v) is 5.35. The van der Waals surface area contributed by atoms with Crippen LogP contribution in [0.25, 0.3) is 0 Å². The minimum atomic E-state index is -0.498. The Balaban J connectivity index is 1.50. The van der Waals surface area contributed by atoms with E-state index in [0.717, 1.165) is 51.5 Å². The largest absolute Gasteiger partial charge is 0.487 e. The van der Waals surface area contributed by atoms with Gasteiger partial charge in [-0.2, -0.15) is 0 Å². The van der Waals surface area contributed by atoms with Gasteiger partial charge in [0.15, 0.2) is 6.61 Å². The molecule has 0 heterocycles. The van der Waals surface area contributed by atoms with Gasteiger partial charge in [0.25, 0.3) is 5.91 Å². The van der Waals surface area contributed by atoms with E-state index in [1.54, 1.807) is 24.1 Å². The molecule has 31 heavy (non-hydrogen) atoms. The van der Waals surface area contributed by atoms with E-state index < -0.39 is 5.97 Å². The molecule has 1 saturated carbocycles. The first-order chi connectivity index (χ1) is 14.8. The summed E-state index contributed by atoms with van der Waals surface area (Å²) in [7, 11) is 1.80. The van der Waals surface area contributed by atoms with Crippen LogP contribution in [-0.4, -0.2) is 36.5 Å². The number of likely N-dealkylation sites (N-methyl/N-ethyl adjacent to an activating group) is 1. The summed E-state index contributed by atoms with van der Waals surface area (Å²) < 4.78 is 12.9. The molecule has 1 amide bonds. The molecule has 2 aromatic carbocycles. The maximum absolute atomic E-state index is 12.4. The highest BCUT2D eigenvalue weighted by Gasteiger charge is 2.23. The third-order valence-corrected chi connectivity index (χ3v) is 6.74. The fourth-order valence-electron chi connectivity index (χ4n) is 3.70. The second-order valence-electron chi connectivity index (χ2n) is 7.92. The summed E-state index contributed by atoms with van der Waals surface area (Å²) in [6.45, 7) is 2.14. The van der Waals surface area contributed by atoms with Crippen molar-refractivity contribution in [3.05, 3.63) is 62.0 Å². The molecule has 5 nitrogen and oxygen atoms in total. The van der Waals surface area contributed by atoms with Crippen molar-refractivity contribution in [3.8, 4) is 5.75 Å². The van der Waals surface area contributed by atoms with E-state index in [0.29, 0.717) is 12.2 Å². The molecule has 2 aromatic rings. The third kappa shape index (κ3) is 6.56.